The van der Waals surface area contributed by atoms with Crippen LogP contribution in [0.4, 0.5) is 5.82 Å². The van der Waals surface area contributed by atoms with Crippen LogP contribution in [0.1, 0.15) is 31.4 Å². The zero-order chi connectivity index (χ0) is 11.8. The van der Waals surface area contributed by atoms with Gasteiger partial charge in [0.1, 0.15) is 5.82 Å². The lowest BCUT2D eigenvalue weighted by atomic mass is 10.1. The van der Waals surface area contributed by atoms with E-state index >= 15 is 0 Å². The fraction of sp³-hybridized carbons (Fsp3) is 0.615. The maximum absolute atomic E-state index is 5.91. The summed E-state index contributed by atoms with van der Waals surface area (Å²) in [5.74, 6) is 1.04. The fourth-order valence-electron chi connectivity index (χ4n) is 2.69. The SMILES string of the molecule is C[C@@H](N)c1ccnc(N2CC3CCC(C2)O3)c1. The molecule has 92 valence electrons. The molecule has 0 aliphatic carbocycles. The van der Waals surface area contributed by atoms with E-state index in [4.69, 9.17) is 10.5 Å². The van der Waals surface area contributed by atoms with Crippen molar-refractivity contribution in [2.75, 3.05) is 18.0 Å². The molecule has 2 unspecified atom stereocenters. The second kappa shape index (κ2) is 4.27. The zero-order valence-corrected chi connectivity index (χ0v) is 10.2. The normalized spacial score (nSPS) is 29.4. The summed E-state index contributed by atoms with van der Waals surface area (Å²) in [5, 5.41) is 0. The Morgan fingerprint density at radius 2 is 2.12 bits per heavy atom. The van der Waals surface area contributed by atoms with Crippen LogP contribution in [0.5, 0.6) is 0 Å². The number of nitrogens with zero attached hydrogens (tertiary/aromatic N) is 2. The topological polar surface area (TPSA) is 51.4 Å². The smallest absolute Gasteiger partial charge is 0.128 e. The number of ether oxygens (including phenoxy) is 1. The van der Waals surface area contributed by atoms with Gasteiger partial charge in [-0.3, -0.25) is 0 Å². The van der Waals surface area contributed by atoms with Crippen molar-refractivity contribution < 1.29 is 4.74 Å². The van der Waals surface area contributed by atoms with Gasteiger partial charge >= 0.3 is 0 Å². The van der Waals surface area contributed by atoms with Gasteiger partial charge in [-0.1, -0.05) is 0 Å². The third kappa shape index (κ3) is 2.15. The van der Waals surface area contributed by atoms with Gasteiger partial charge in [-0.25, -0.2) is 4.98 Å². The lowest BCUT2D eigenvalue weighted by Crippen LogP contribution is -2.43. The van der Waals surface area contributed by atoms with Gasteiger partial charge in [-0.15, -0.1) is 0 Å². The number of fused-ring (bicyclic) bond motifs is 2. The summed E-state index contributed by atoms with van der Waals surface area (Å²) in [4.78, 5) is 6.79. The molecule has 0 aromatic carbocycles. The predicted molar refractivity (Wildman–Crippen MR) is 66.9 cm³/mol. The number of rotatable bonds is 2. The Labute approximate surface area is 102 Å². The van der Waals surface area contributed by atoms with Crippen LogP contribution in [-0.2, 0) is 4.74 Å². The van der Waals surface area contributed by atoms with Gasteiger partial charge in [0.05, 0.1) is 12.2 Å². The number of anilines is 1. The maximum atomic E-state index is 5.91. The van der Waals surface area contributed by atoms with Crippen LogP contribution in [0, 0.1) is 0 Å². The number of aromatic nitrogens is 1. The average molecular weight is 233 g/mol. The Morgan fingerprint density at radius 3 is 2.76 bits per heavy atom. The van der Waals surface area contributed by atoms with Crippen LogP contribution in [-0.4, -0.2) is 30.3 Å². The van der Waals surface area contributed by atoms with Crippen LogP contribution in [0.25, 0.3) is 0 Å². The van der Waals surface area contributed by atoms with E-state index in [9.17, 15) is 0 Å². The molecule has 0 saturated carbocycles. The standard InChI is InChI=1S/C13H19N3O/c1-9(14)10-4-5-15-13(6-10)16-7-11-2-3-12(8-16)17-11/h4-6,9,11-12H,2-3,7-8,14H2,1H3/t9-,11?,12?/m1/s1. The summed E-state index contributed by atoms with van der Waals surface area (Å²) in [6.45, 7) is 3.93. The second-order valence-electron chi connectivity index (χ2n) is 5.10. The van der Waals surface area contributed by atoms with E-state index in [0.717, 1.165) is 24.5 Å². The Kier molecular flexibility index (Phi) is 2.76. The van der Waals surface area contributed by atoms with Crippen molar-refractivity contribution in [3.8, 4) is 0 Å². The zero-order valence-electron chi connectivity index (χ0n) is 10.2. The molecule has 0 radical (unpaired) electrons. The first-order valence-electron chi connectivity index (χ1n) is 6.34. The molecule has 4 heteroatoms. The molecule has 2 fully saturated rings. The first-order valence-corrected chi connectivity index (χ1v) is 6.34. The number of hydrogen-bond acceptors (Lipinski definition) is 4. The molecule has 3 atom stereocenters. The van der Waals surface area contributed by atoms with Gasteiger partial charge in [-0.05, 0) is 37.5 Å². The molecular weight excluding hydrogens is 214 g/mol. The Morgan fingerprint density at radius 1 is 1.41 bits per heavy atom. The fourth-order valence-corrected chi connectivity index (χ4v) is 2.69. The number of hydrogen-bond donors (Lipinski definition) is 1. The van der Waals surface area contributed by atoms with Crippen LogP contribution in [0.15, 0.2) is 18.3 Å². The molecule has 3 heterocycles. The molecule has 1 aromatic rings. The first-order chi connectivity index (χ1) is 8.22. The number of morpholine rings is 1. The number of nitrogens with two attached hydrogens (primary N) is 1. The van der Waals surface area contributed by atoms with Crippen molar-refractivity contribution >= 4 is 5.82 Å². The molecule has 2 bridgehead atoms. The minimum atomic E-state index is 0.0644. The van der Waals surface area contributed by atoms with Crippen molar-refractivity contribution in [1.82, 2.24) is 4.98 Å². The van der Waals surface area contributed by atoms with Crippen molar-refractivity contribution in [3.63, 3.8) is 0 Å². The van der Waals surface area contributed by atoms with Crippen LogP contribution in [0.3, 0.4) is 0 Å². The molecule has 2 saturated heterocycles. The van der Waals surface area contributed by atoms with Gasteiger partial charge < -0.3 is 15.4 Å². The first kappa shape index (κ1) is 11.0. The van der Waals surface area contributed by atoms with E-state index in [1.165, 1.54) is 12.8 Å². The molecule has 17 heavy (non-hydrogen) atoms. The summed E-state index contributed by atoms with van der Waals surface area (Å²) in [6, 6.07) is 4.16. The van der Waals surface area contributed by atoms with Crippen molar-refractivity contribution in [2.45, 2.75) is 38.0 Å². The monoisotopic (exact) mass is 233 g/mol. The highest BCUT2D eigenvalue weighted by atomic mass is 16.5. The molecule has 4 nitrogen and oxygen atoms in total. The molecule has 3 rings (SSSR count). The predicted octanol–water partition coefficient (Wildman–Crippen LogP) is 1.47. The van der Waals surface area contributed by atoms with Crippen LogP contribution >= 0.6 is 0 Å². The van der Waals surface area contributed by atoms with Crippen molar-refractivity contribution in [1.29, 1.82) is 0 Å². The van der Waals surface area contributed by atoms with Crippen molar-refractivity contribution in [2.24, 2.45) is 5.73 Å². The van der Waals surface area contributed by atoms with E-state index in [-0.39, 0.29) is 6.04 Å². The quantitative estimate of drug-likeness (QED) is 0.840. The minimum Gasteiger partial charge on any atom is -0.371 e. The third-order valence-electron chi connectivity index (χ3n) is 3.66. The molecule has 0 spiro atoms. The van der Waals surface area contributed by atoms with E-state index < -0.39 is 0 Å². The second-order valence-corrected chi connectivity index (χ2v) is 5.10. The summed E-state index contributed by atoms with van der Waals surface area (Å²) < 4.78 is 5.83. The highest BCUT2D eigenvalue weighted by molar-refractivity contribution is 5.42. The minimum absolute atomic E-state index is 0.0644. The average Bonchev–Trinajstić information content (AvgIpc) is 2.68. The van der Waals surface area contributed by atoms with E-state index in [1.807, 2.05) is 19.2 Å². The van der Waals surface area contributed by atoms with E-state index in [1.54, 1.807) is 0 Å². The Bertz CT molecular complexity index is 395. The van der Waals surface area contributed by atoms with Gasteiger partial charge in [-0.2, -0.15) is 0 Å². The van der Waals surface area contributed by atoms with Gasteiger partial charge in [0, 0.05) is 25.3 Å². The molecule has 1 aromatic heterocycles. The van der Waals surface area contributed by atoms with Crippen molar-refractivity contribution in [3.05, 3.63) is 23.9 Å². The Balaban J connectivity index is 1.81. The molecule has 2 aliphatic rings. The third-order valence-corrected chi connectivity index (χ3v) is 3.66. The van der Waals surface area contributed by atoms with E-state index in [2.05, 4.69) is 16.0 Å². The van der Waals surface area contributed by atoms with E-state index in [0.29, 0.717) is 12.2 Å². The van der Waals surface area contributed by atoms with Crippen LogP contribution < -0.4 is 10.6 Å². The van der Waals surface area contributed by atoms with Gasteiger partial charge in [0.25, 0.3) is 0 Å². The highest BCUT2D eigenvalue weighted by Crippen LogP contribution is 2.29. The summed E-state index contributed by atoms with van der Waals surface area (Å²) in [5.41, 5.74) is 7.06. The molecule has 2 aliphatic heterocycles. The van der Waals surface area contributed by atoms with Gasteiger partial charge in [0.2, 0.25) is 0 Å². The summed E-state index contributed by atoms with van der Waals surface area (Å²) in [6.07, 6.45) is 5.03. The Hall–Kier alpha value is -1.13. The molecule has 2 N–H and O–H groups in total. The number of pyridine rings is 1. The lowest BCUT2D eigenvalue weighted by molar-refractivity contribution is 0.0302. The summed E-state index contributed by atoms with van der Waals surface area (Å²) >= 11 is 0. The molecule has 0 amide bonds. The maximum Gasteiger partial charge on any atom is 0.128 e. The lowest BCUT2D eigenvalue weighted by Gasteiger charge is -2.33. The van der Waals surface area contributed by atoms with Gasteiger partial charge in [0.15, 0.2) is 0 Å². The highest BCUT2D eigenvalue weighted by Gasteiger charge is 2.34. The summed E-state index contributed by atoms with van der Waals surface area (Å²) in [7, 11) is 0. The molecular formula is C13H19N3O. The largest absolute Gasteiger partial charge is 0.371 e. The van der Waals surface area contributed by atoms with Crippen LogP contribution in [0.2, 0.25) is 0 Å².